The Hall–Kier alpha value is -3.17. The van der Waals surface area contributed by atoms with E-state index in [1.807, 2.05) is 70.1 Å². The van der Waals surface area contributed by atoms with E-state index in [1.165, 1.54) is 0 Å². The Balaban J connectivity index is 1.33. The highest BCUT2D eigenvalue weighted by Gasteiger charge is 2.34. The normalized spacial score (nSPS) is 18.1. The Morgan fingerprint density at radius 3 is 2.45 bits per heavy atom. The summed E-state index contributed by atoms with van der Waals surface area (Å²) >= 11 is 0. The Kier molecular flexibility index (Phi) is 8.57. The van der Waals surface area contributed by atoms with Gasteiger partial charge in [-0.3, -0.25) is 9.78 Å². The van der Waals surface area contributed by atoms with Crippen LogP contribution in [0.1, 0.15) is 49.5 Å². The van der Waals surface area contributed by atoms with Crippen molar-refractivity contribution in [1.82, 2.24) is 19.7 Å². The summed E-state index contributed by atoms with van der Waals surface area (Å²) in [6.45, 7) is 8.81. The lowest BCUT2D eigenvalue weighted by Crippen LogP contribution is -2.45. The van der Waals surface area contributed by atoms with Crippen LogP contribution in [-0.4, -0.2) is 90.9 Å². The number of nitrogens with zero attached hydrogens (tertiary/aromatic N) is 4. The molecular formula is C29H40N4O5. The van der Waals surface area contributed by atoms with E-state index < -0.39 is 5.60 Å². The predicted molar refractivity (Wildman–Crippen MR) is 145 cm³/mol. The molecule has 1 aromatic heterocycles. The van der Waals surface area contributed by atoms with E-state index in [-0.39, 0.29) is 24.2 Å². The molecule has 0 spiro atoms. The third-order valence-corrected chi connectivity index (χ3v) is 6.82. The molecule has 2 aliphatic heterocycles. The Morgan fingerprint density at radius 1 is 1.08 bits per heavy atom. The van der Waals surface area contributed by atoms with Crippen molar-refractivity contribution in [3.8, 4) is 17.0 Å². The number of aromatic nitrogens is 1. The number of piperidine rings is 1. The zero-order chi connectivity index (χ0) is 27.4. The van der Waals surface area contributed by atoms with Crippen molar-refractivity contribution in [2.24, 2.45) is 5.92 Å². The summed E-state index contributed by atoms with van der Waals surface area (Å²) in [4.78, 5) is 35.1. The molecule has 1 saturated heterocycles. The highest BCUT2D eigenvalue weighted by atomic mass is 16.7. The van der Waals surface area contributed by atoms with Gasteiger partial charge < -0.3 is 28.9 Å². The molecule has 0 N–H and O–H groups in total. The zero-order valence-corrected chi connectivity index (χ0v) is 23.4. The van der Waals surface area contributed by atoms with Gasteiger partial charge in [0.1, 0.15) is 11.4 Å². The largest absolute Gasteiger partial charge is 0.464 e. The van der Waals surface area contributed by atoms with Gasteiger partial charge >= 0.3 is 6.09 Å². The first-order valence-corrected chi connectivity index (χ1v) is 13.3. The molecule has 9 heteroatoms. The SMILES string of the molecule is CN(C)CCN(C)C(=O)c1ccc(-c2ccc3c(c2)COC(C2CCN(C(=O)OC(C)(C)C)CC2)O3)nc1. The molecular weight excluding hydrogens is 484 g/mol. The van der Waals surface area contributed by atoms with Crippen LogP contribution < -0.4 is 4.74 Å². The number of amides is 2. The Bertz CT molecular complexity index is 1120. The van der Waals surface area contributed by atoms with Gasteiger partial charge in [-0.1, -0.05) is 0 Å². The van der Waals surface area contributed by atoms with E-state index in [2.05, 4.69) is 4.98 Å². The van der Waals surface area contributed by atoms with Gasteiger partial charge in [-0.05, 0) is 78.0 Å². The molecule has 1 aromatic carbocycles. The van der Waals surface area contributed by atoms with Gasteiger partial charge in [0.05, 0.1) is 17.9 Å². The number of hydrogen-bond acceptors (Lipinski definition) is 7. The van der Waals surface area contributed by atoms with Crippen LogP contribution in [-0.2, 0) is 16.1 Å². The number of carbonyl (C=O) groups is 2. The molecule has 38 heavy (non-hydrogen) atoms. The number of hydrogen-bond donors (Lipinski definition) is 0. The first-order chi connectivity index (χ1) is 18.0. The third kappa shape index (κ3) is 7.02. The molecule has 0 saturated carbocycles. The average Bonchev–Trinajstić information content (AvgIpc) is 2.90. The predicted octanol–water partition coefficient (Wildman–Crippen LogP) is 4.26. The van der Waals surface area contributed by atoms with E-state index in [0.29, 0.717) is 31.8 Å². The maximum atomic E-state index is 12.7. The molecule has 1 unspecified atom stereocenters. The van der Waals surface area contributed by atoms with Crippen LogP contribution in [0.5, 0.6) is 5.75 Å². The van der Waals surface area contributed by atoms with E-state index in [4.69, 9.17) is 14.2 Å². The second-order valence-corrected chi connectivity index (χ2v) is 11.4. The number of pyridine rings is 1. The lowest BCUT2D eigenvalue weighted by molar-refractivity contribution is -0.149. The summed E-state index contributed by atoms with van der Waals surface area (Å²) < 4.78 is 17.8. The van der Waals surface area contributed by atoms with Gasteiger partial charge in [0.2, 0.25) is 6.29 Å². The van der Waals surface area contributed by atoms with Gasteiger partial charge in [-0.15, -0.1) is 0 Å². The van der Waals surface area contributed by atoms with Crippen molar-refractivity contribution in [3.05, 3.63) is 47.7 Å². The van der Waals surface area contributed by atoms with Crippen molar-refractivity contribution in [2.45, 2.75) is 52.1 Å². The summed E-state index contributed by atoms with van der Waals surface area (Å²) in [5.74, 6) is 0.985. The molecule has 1 fully saturated rings. The smallest absolute Gasteiger partial charge is 0.410 e. The van der Waals surface area contributed by atoms with Crippen molar-refractivity contribution in [1.29, 1.82) is 0 Å². The minimum atomic E-state index is -0.496. The van der Waals surface area contributed by atoms with Crippen LogP contribution in [0, 0.1) is 5.92 Å². The maximum absolute atomic E-state index is 12.7. The van der Waals surface area contributed by atoms with Gasteiger partial charge in [-0.25, -0.2) is 4.79 Å². The van der Waals surface area contributed by atoms with Crippen LogP contribution in [0.4, 0.5) is 4.79 Å². The Morgan fingerprint density at radius 2 is 1.82 bits per heavy atom. The number of rotatable bonds is 6. The maximum Gasteiger partial charge on any atom is 0.410 e. The second-order valence-electron chi connectivity index (χ2n) is 11.4. The molecule has 2 aromatic rings. The van der Waals surface area contributed by atoms with E-state index >= 15 is 0 Å². The average molecular weight is 525 g/mol. The van der Waals surface area contributed by atoms with Gasteiger partial charge in [0, 0.05) is 56.5 Å². The molecule has 0 radical (unpaired) electrons. The monoisotopic (exact) mass is 524 g/mol. The molecule has 3 heterocycles. The van der Waals surface area contributed by atoms with Crippen LogP contribution >= 0.6 is 0 Å². The van der Waals surface area contributed by atoms with Crippen molar-refractivity contribution in [3.63, 3.8) is 0 Å². The minimum Gasteiger partial charge on any atom is -0.464 e. The topological polar surface area (TPSA) is 84.4 Å². The van der Waals surface area contributed by atoms with Crippen LogP contribution in [0.15, 0.2) is 36.5 Å². The first-order valence-electron chi connectivity index (χ1n) is 13.3. The highest BCUT2D eigenvalue weighted by molar-refractivity contribution is 5.94. The second kappa shape index (κ2) is 11.7. The van der Waals surface area contributed by atoms with E-state index in [1.54, 1.807) is 23.0 Å². The number of ether oxygens (including phenoxy) is 3. The molecule has 0 aliphatic carbocycles. The number of likely N-dealkylation sites (tertiary alicyclic amines) is 1. The number of carbonyl (C=O) groups excluding carboxylic acids is 2. The summed E-state index contributed by atoms with van der Waals surface area (Å²) in [6, 6.07) is 9.68. The first kappa shape index (κ1) is 27.9. The molecule has 0 bridgehead atoms. The fraction of sp³-hybridized carbons (Fsp3) is 0.552. The van der Waals surface area contributed by atoms with Crippen molar-refractivity contribution in [2.75, 3.05) is 47.3 Å². The Labute approximate surface area is 225 Å². The number of likely N-dealkylation sites (N-methyl/N-ethyl adjacent to an activating group) is 2. The van der Waals surface area contributed by atoms with Crippen LogP contribution in [0.3, 0.4) is 0 Å². The fourth-order valence-electron chi connectivity index (χ4n) is 4.57. The van der Waals surface area contributed by atoms with Gasteiger partial charge in [0.15, 0.2) is 0 Å². The molecule has 206 valence electrons. The van der Waals surface area contributed by atoms with Gasteiger partial charge in [0.25, 0.3) is 5.91 Å². The molecule has 9 nitrogen and oxygen atoms in total. The summed E-state index contributed by atoms with van der Waals surface area (Å²) in [7, 11) is 5.78. The minimum absolute atomic E-state index is 0.0406. The summed E-state index contributed by atoms with van der Waals surface area (Å²) in [5, 5.41) is 0. The van der Waals surface area contributed by atoms with Gasteiger partial charge in [-0.2, -0.15) is 0 Å². The molecule has 2 amide bonds. The quantitative estimate of drug-likeness (QED) is 0.558. The molecule has 4 rings (SSSR count). The fourth-order valence-corrected chi connectivity index (χ4v) is 4.57. The van der Waals surface area contributed by atoms with Crippen molar-refractivity contribution >= 4 is 12.0 Å². The molecule has 1 atom stereocenters. The summed E-state index contributed by atoms with van der Waals surface area (Å²) in [6.07, 6.45) is 2.65. The zero-order valence-electron chi connectivity index (χ0n) is 23.4. The lowest BCUT2D eigenvalue weighted by atomic mass is 9.95. The standard InChI is InChI=1S/C29H40N4O5/c1-29(2,3)38-28(35)33-13-11-20(12-14-33)27-36-19-23-17-21(8-10-25(23)37-27)24-9-7-22(18-30-24)26(34)32(6)16-15-31(4)5/h7-10,17-18,20,27H,11-16,19H2,1-6H3. The molecule has 2 aliphatic rings. The van der Waals surface area contributed by atoms with E-state index in [9.17, 15) is 9.59 Å². The van der Waals surface area contributed by atoms with Crippen LogP contribution in [0.25, 0.3) is 11.3 Å². The number of benzene rings is 1. The van der Waals surface area contributed by atoms with Crippen molar-refractivity contribution < 1.29 is 23.8 Å². The van der Waals surface area contributed by atoms with Crippen LogP contribution in [0.2, 0.25) is 0 Å². The summed E-state index contributed by atoms with van der Waals surface area (Å²) in [5.41, 5.74) is 2.77. The highest BCUT2D eigenvalue weighted by Crippen LogP contribution is 2.35. The van der Waals surface area contributed by atoms with E-state index in [0.717, 1.165) is 42.0 Å². The lowest BCUT2D eigenvalue weighted by Gasteiger charge is -2.38. The third-order valence-electron chi connectivity index (χ3n) is 6.82. The number of fused-ring (bicyclic) bond motifs is 1.